The lowest BCUT2D eigenvalue weighted by Crippen LogP contribution is -2.03. The van der Waals surface area contributed by atoms with Crippen LogP contribution in [0.5, 0.6) is 0 Å². The third-order valence-electron chi connectivity index (χ3n) is 1.16. The Balaban J connectivity index is 2.86. The maximum absolute atomic E-state index is 5.79. The minimum Gasteiger partial charge on any atom is -0.330 e. The molecule has 1 nitrogen and oxygen atoms in total. The monoisotopic (exact) mass is 135 g/mol. The highest BCUT2D eigenvalue weighted by Gasteiger charge is 1.97. The molecule has 0 aromatic heterocycles. The fourth-order valence-corrected chi connectivity index (χ4v) is 0.698. The van der Waals surface area contributed by atoms with Gasteiger partial charge >= 0.3 is 0 Å². The number of alkyl halides is 1. The maximum Gasteiger partial charge on any atom is 0.0333 e. The van der Waals surface area contributed by atoms with Gasteiger partial charge in [0.2, 0.25) is 0 Å². The quantitative estimate of drug-likeness (QED) is 0.584. The van der Waals surface area contributed by atoms with Gasteiger partial charge in [0, 0.05) is 5.38 Å². The Morgan fingerprint density at radius 3 is 2.62 bits per heavy atom. The van der Waals surface area contributed by atoms with E-state index < -0.39 is 0 Å². The van der Waals surface area contributed by atoms with E-state index in [2.05, 4.69) is 6.92 Å². The Hall–Kier alpha value is 0.250. The van der Waals surface area contributed by atoms with Crippen LogP contribution in [-0.4, -0.2) is 11.9 Å². The van der Waals surface area contributed by atoms with Crippen LogP contribution in [-0.2, 0) is 0 Å². The molecule has 0 radical (unpaired) electrons. The summed E-state index contributed by atoms with van der Waals surface area (Å²) in [4.78, 5) is 0. The summed E-state index contributed by atoms with van der Waals surface area (Å²) in [5, 5.41) is 0.346. The number of hydrogen-bond acceptors (Lipinski definition) is 1. The van der Waals surface area contributed by atoms with Crippen LogP contribution in [0, 0.1) is 0 Å². The van der Waals surface area contributed by atoms with Crippen LogP contribution in [0.4, 0.5) is 0 Å². The van der Waals surface area contributed by atoms with E-state index in [0.29, 0.717) is 5.38 Å². The van der Waals surface area contributed by atoms with E-state index in [1.807, 2.05) is 0 Å². The molecular formula is C6H14ClN. The second-order valence-electron chi connectivity index (χ2n) is 1.94. The van der Waals surface area contributed by atoms with Gasteiger partial charge in [0.25, 0.3) is 0 Å². The normalized spacial score (nSPS) is 13.9. The minimum absolute atomic E-state index is 0.346. The fourth-order valence-electron chi connectivity index (χ4n) is 0.543. The lowest BCUT2D eigenvalue weighted by Gasteiger charge is -2.02. The van der Waals surface area contributed by atoms with E-state index in [-0.39, 0.29) is 0 Å². The highest BCUT2D eigenvalue weighted by atomic mass is 35.5. The van der Waals surface area contributed by atoms with Crippen molar-refractivity contribution in [2.75, 3.05) is 6.54 Å². The summed E-state index contributed by atoms with van der Waals surface area (Å²) in [5.74, 6) is 0. The number of rotatable bonds is 4. The van der Waals surface area contributed by atoms with Crippen LogP contribution in [0.25, 0.3) is 0 Å². The van der Waals surface area contributed by atoms with Gasteiger partial charge in [-0.25, -0.2) is 0 Å². The molecule has 1 unspecified atom stereocenters. The summed E-state index contributed by atoms with van der Waals surface area (Å²) < 4.78 is 0. The molecule has 8 heavy (non-hydrogen) atoms. The summed E-state index contributed by atoms with van der Waals surface area (Å²) in [6.45, 7) is 2.86. The van der Waals surface area contributed by atoms with E-state index in [1.54, 1.807) is 0 Å². The van der Waals surface area contributed by atoms with Crippen LogP contribution in [0.15, 0.2) is 0 Å². The minimum atomic E-state index is 0.346. The molecule has 0 saturated carbocycles. The molecule has 50 valence electrons. The molecule has 0 aliphatic heterocycles. The van der Waals surface area contributed by atoms with Crippen LogP contribution in [0.1, 0.15) is 26.2 Å². The number of nitrogens with two attached hydrogens (primary N) is 1. The molecule has 0 saturated heterocycles. The lowest BCUT2D eigenvalue weighted by atomic mass is 10.2. The van der Waals surface area contributed by atoms with Gasteiger partial charge < -0.3 is 5.73 Å². The van der Waals surface area contributed by atoms with Crippen molar-refractivity contribution in [1.82, 2.24) is 0 Å². The van der Waals surface area contributed by atoms with Crippen molar-refractivity contribution in [2.45, 2.75) is 31.6 Å². The first-order valence-electron chi connectivity index (χ1n) is 3.15. The van der Waals surface area contributed by atoms with Crippen molar-refractivity contribution in [3.8, 4) is 0 Å². The van der Waals surface area contributed by atoms with Crippen LogP contribution < -0.4 is 5.73 Å². The topological polar surface area (TPSA) is 26.0 Å². The second kappa shape index (κ2) is 5.39. The third kappa shape index (κ3) is 4.41. The molecule has 0 fully saturated rings. The Kier molecular flexibility index (Phi) is 5.56. The predicted octanol–water partition coefficient (Wildman–Crippen LogP) is 1.74. The first-order valence-corrected chi connectivity index (χ1v) is 3.59. The Morgan fingerprint density at radius 1 is 1.62 bits per heavy atom. The number of halogens is 1. The van der Waals surface area contributed by atoms with Gasteiger partial charge in [-0.1, -0.05) is 6.92 Å². The van der Waals surface area contributed by atoms with Crippen molar-refractivity contribution in [1.29, 1.82) is 0 Å². The van der Waals surface area contributed by atoms with Crippen LogP contribution in [0.2, 0.25) is 0 Å². The van der Waals surface area contributed by atoms with E-state index >= 15 is 0 Å². The molecule has 0 bridgehead atoms. The molecule has 0 aliphatic rings. The van der Waals surface area contributed by atoms with Gasteiger partial charge in [0.05, 0.1) is 0 Å². The summed E-state index contributed by atoms with van der Waals surface area (Å²) in [6.07, 6.45) is 3.18. The van der Waals surface area contributed by atoms with E-state index in [1.165, 1.54) is 0 Å². The van der Waals surface area contributed by atoms with Gasteiger partial charge in [-0.15, -0.1) is 11.6 Å². The molecule has 1 atom stereocenters. The van der Waals surface area contributed by atoms with Crippen LogP contribution >= 0.6 is 11.6 Å². The Morgan fingerprint density at radius 2 is 2.25 bits per heavy atom. The molecule has 0 spiro atoms. The van der Waals surface area contributed by atoms with Crippen LogP contribution in [0.3, 0.4) is 0 Å². The lowest BCUT2D eigenvalue weighted by molar-refractivity contribution is 0.682. The Labute approximate surface area is 56.2 Å². The van der Waals surface area contributed by atoms with Gasteiger partial charge in [-0.05, 0) is 25.8 Å². The molecule has 0 aliphatic carbocycles. The standard InChI is InChI=1S/C6H14ClN/c1-2-6(7)4-3-5-8/h6H,2-5,8H2,1H3. The number of hydrogen-bond donors (Lipinski definition) is 1. The van der Waals surface area contributed by atoms with E-state index in [9.17, 15) is 0 Å². The van der Waals surface area contributed by atoms with Crippen molar-refractivity contribution >= 4 is 11.6 Å². The third-order valence-corrected chi connectivity index (χ3v) is 1.69. The highest BCUT2D eigenvalue weighted by Crippen LogP contribution is 2.07. The summed E-state index contributed by atoms with van der Waals surface area (Å²) in [5.41, 5.74) is 5.27. The maximum atomic E-state index is 5.79. The smallest absolute Gasteiger partial charge is 0.0333 e. The summed E-state index contributed by atoms with van der Waals surface area (Å²) in [7, 11) is 0. The van der Waals surface area contributed by atoms with Gasteiger partial charge in [0.1, 0.15) is 0 Å². The second-order valence-corrected chi connectivity index (χ2v) is 2.55. The molecule has 2 N–H and O–H groups in total. The van der Waals surface area contributed by atoms with E-state index in [0.717, 1.165) is 25.8 Å². The van der Waals surface area contributed by atoms with Gasteiger partial charge in [-0.3, -0.25) is 0 Å². The molecule has 0 heterocycles. The van der Waals surface area contributed by atoms with E-state index in [4.69, 9.17) is 17.3 Å². The predicted molar refractivity (Wildman–Crippen MR) is 38.2 cm³/mol. The highest BCUT2D eigenvalue weighted by molar-refractivity contribution is 6.20. The molecular weight excluding hydrogens is 122 g/mol. The first-order chi connectivity index (χ1) is 3.81. The largest absolute Gasteiger partial charge is 0.330 e. The molecule has 0 aromatic carbocycles. The zero-order chi connectivity index (χ0) is 6.41. The average Bonchev–Trinajstić information content (AvgIpc) is 1.83. The van der Waals surface area contributed by atoms with Crippen molar-refractivity contribution < 1.29 is 0 Å². The fraction of sp³-hybridized carbons (Fsp3) is 1.00. The zero-order valence-corrected chi connectivity index (χ0v) is 6.12. The SMILES string of the molecule is CCC(Cl)CCCN. The average molecular weight is 136 g/mol. The first kappa shape index (κ1) is 8.25. The van der Waals surface area contributed by atoms with Gasteiger partial charge in [-0.2, -0.15) is 0 Å². The summed E-state index contributed by atoms with van der Waals surface area (Å²) >= 11 is 5.79. The van der Waals surface area contributed by atoms with Gasteiger partial charge in [0.15, 0.2) is 0 Å². The van der Waals surface area contributed by atoms with Crippen molar-refractivity contribution in [3.63, 3.8) is 0 Å². The Bertz CT molecular complexity index is 47.8. The molecule has 0 amide bonds. The molecule has 2 heteroatoms. The summed E-state index contributed by atoms with van der Waals surface area (Å²) in [6, 6.07) is 0. The van der Waals surface area contributed by atoms with Crippen molar-refractivity contribution in [2.24, 2.45) is 5.73 Å². The zero-order valence-electron chi connectivity index (χ0n) is 5.36. The molecule has 0 rings (SSSR count). The van der Waals surface area contributed by atoms with Crippen molar-refractivity contribution in [3.05, 3.63) is 0 Å². The molecule has 0 aromatic rings.